The van der Waals surface area contributed by atoms with Crippen molar-refractivity contribution in [2.24, 2.45) is 0 Å². The number of alkyl halides is 3. The SMILES string of the molecule is CC(C)n1nc(C(C)(C)C)cc1-c1nc2cc(-c3ccccc3OC(F)(F)F)ccc2[nH]1.[Na]. The molecule has 0 amide bonds. The number of hydrogen-bond acceptors (Lipinski definition) is 3. The van der Waals surface area contributed by atoms with Crippen molar-refractivity contribution in [1.29, 1.82) is 0 Å². The summed E-state index contributed by atoms with van der Waals surface area (Å²) < 4.78 is 44.6. The summed E-state index contributed by atoms with van der Waals surface area (Å²) in [4.78, 5) is 8.05. The Morgan fingerprint density at radius 1 is 1.00 bits per heavy atom. The maximum atomic E-state index is 12.8. The molecule has 1 N–H and O–H groups in total. The standard InChI is InChI=1S/C24H25F3N4O.Na/c1-14(2)31-19(13-21(30-31)23(3,4)5)22-28-17-11-10-15(12-18(17)29-22)16-8-6-7-9-20(16)32-24(25,26)27;/h6-14H,1-5H3,(H,28,29);. The van der Waals surface area contributed by atoms with E-state index < -0.39 is 6.36 Å². The van der Waals surface area contributed by atoms with E-state index >= 15 is 0 Å². The molecule has 169 valence electrons. The molecular formula is C24H25F3N4NaO. The number of fused-ring (bicyclic) bond motifs is 1. The van der Waals surface area contributed by atoms with Gasteiger partial charge in [0.15, 0.2) is 5.82 Å². The number of ether oxygens (including phenoxy) is 1. The monoisotopic (exact) mass is 465 g/mol. The maximum absolute atomic E-state index is 12.8. The molecule has 0 saturated heterocycles. The van der Waals surface area contributed by atoms with Crippen LogP contribution < -0.4 is 4.74 Å². The van der Waals surface area contributed by atoms with E-state index in [1.165, 1.54) is 12.1 Å². The molecule has 5 nitrogen and oxygen atoms in total. The number of aromatic nitrogens is 4. The van der Waals surface area contributed by atoms with Gasteiger partial charge in [-0.2, -0.15) is 5.10 Å². The summed E-state index contributed by atoms with van der Waals surface area (Å²) in [5.41, 5.74) is 4.07. The summed E-state index contributed by atoms with van der Waals surface area (Å²) in [7, 11) is 0. The van der Waals surface area contributed by atoms with E-state index in [0.717, 1.165) is 16.9 Å². The number of hydrogen-bond donors (Lipinski definition) is 1. The number of nitrogens with one attached hydrogen (secondary N) is 1. The Morgan fingerprint density at radius 3 is 2.33 bits per heavy atom. The molecule has 0 fully saturated rings. The zero-order chi connectivity index (χ0) is 23.3. The number of para-hydroxylation sites is 1. The van der Waals surface area contributed by atoms with Gasteiger partial charge in [0, 0.05) is 46.6 Å². The molecule has 0 bridgehead atoms. The van der Waals surface area contributed by atoms with Crippen LogP contribution in [0.25, 0.3) is 33.7 Å². The van der Waals surface area contributed by atoms with Crippen molar-refractivity contribution >= 4 is 40.6 Å². The third-order valence-corrected chi connectivity index (χ3v) is 5.14. The smallest absolute Gasteiger partial charge is 0.405 e. The predicted molar refractivity (Wildman–Crippen MR) is 124 cm³/mol. The van der Waals surface area contributed by atoms with Gasteiger partial charge < -0.3 is 9.72 Å². The minimum absolute atomic E-state index is 0. The number of nitrogens with zero attached hydrogens (tertiary/aromatic N) is 3. The molecule has 0 aliphatic carbocycles. The van der Waals surface area contributed by atoms with Crippen LogP contribution in [0.15, 0.2) is 48.5 Å². The average molecular weight is 465 g/mol. The zero-order valence-corrected chi connectivity index (χ0v) is 21.6. The fourth-order valence-electron chi connectivity index (χ4n) is 3.54. The van der Waals surface area contributed by atoms with Gasteiger partial charge in [-0.1, -0.05) is 45.0 Å². The Balaban J connectivity index is 0.00000306. The Labute approximate surface area is 212 Å². The Bertz CT molecular complexity index is 1270. The van der Waals surface area contributed by atoms with Gasteiger partial charge in [-0.3, -0.25) is 4.68 Å². The van der Waals surface area contributed by atoms with Gasteiger partial charge in [-0.05, 0) is 43.7 Å². The van der Waals surface area contributed by atoms with Crippen molar-refractivity contribution in [2.75, 3.05) is 0 Å². The summed E-state index contributed by atoms with van der Waals surface area (Å²) in [6.07, 6.45) is -4.76. The molecule has 0 spiro atoms. The van der Waals surface area contributed by atoms with Crippen LogP contribution >= 0.6 is 0 Å². The van der Waals surface area contributed by atoms with Crippen LogP contribution in [0.3, 0.4) is 0 Å². The molecule has 4 aromatic rings. The van der Waals surface area contributed by atoms with E-state index in [1.54, 1.807) is 24.3 Å². The summed E-state index contributed by atoms with van der Waals surface area (Å²) in [5, 5.41) is 4.77. The second-order valence-corrected chi connectivity index (χ2v) is 9.06. The van der Waals surface area contributed by atoms with E-state index in [0.29, 0.717) is 22.5 Å². The van der Waals surface area contributed by atoms with Gasteiger partial charge >= 0.3 is 6.36 Å². The first kappa shape index (κ1) is 25.3. The van der Waals surface area contributed by atoms with Crippen LogP contribution in [0, 0.1) is 0 Å². The van der Waals surface area contributed by atoms with Crippen molar-refractivity contribution in [1.82, 2.24) is 19.7 Å². The van der Waals surface area contributed by atoms with Crippen LogP contribution in [0.2, 0.25) is 0 Å². The Hall–Kier alpha value is -2.29. The molecule has 4 rings (SSSR count). The normalized spacial score (nSPS) is 12.3. The van der Waals surface area contributed by atoms with Gasteiger partial charge in [0.1, 0.15) is 11.4 Å². The number of H-pyrrole nitrogens is 1. The van der Waals surface area contributed by atoms with Crippen LogP contribution in [0.5, 0.6) is 5.75 Å². The van der Waals surface area contributed by atoms with Crippen molar-refractivity contribution in [3.63, 3.8) is 0 Å². The number of aromatic amines is 1. The predicted octanol–water partition coefficient (Wildman–Crippen LogP) is 6.49. The molecular weight excluding hydrogens is 440 g/mol. The fraction of sp³-hybridized carbons (Fsp3) is 0.333. The second kappa shape index (κ2) is 9.16. The molecule has 0 saturated carbocycles. The number of halogens is 3. The quantitative estimate of drug-likeness (QED) is 0.351. The molecule has 0 unspecified atom stereocenters. The van der Waals surface area contributed by atoms with Crippen LogP contribution in [-0.4, -0.2) is 55.7 Å². The number of benzene rings is 2. The molecule has 9 heteroatoms. The molecule has 2 aromatic heterocycles. The first-order valence-electron chi connectivity index (χ1n) is 10.4. The topological polar surface area (TPSA) is 55.7 Å². The van der Waals surface area contributed by atoms with Gasteiger partial charge in [-0.25, -0.2) is 4.98 Å². The molecule has 33 heavy (non-hydrogen) atoms. The van der Waals surface area contributed by atoms with Gasteiger partial charge in [0.05, 0.1) is 16.7 Å². The van der Waals surface area contributed by atoms with Crippen molar-refractivity contribution in [2.45, 2.75) is 52.4 Å². The van der Waals surface area contributed by atoms with Crippen LogP contribution in [-0.2, 0) is 5.41 Å². The molecule has 0 aliphatic heterocycles. The zero-order valence-electron chi connectivity index (χ0n) is 19.6. The van der Waals surface area contributed by atoms with E-state index in [4.69, 9.17) is 10.1 Å². The Kier molecular flexibility index (Phi) is 7.03. The first-order chi connectivity index (χ1) is 14.9. The van der Waals surface area contributed by atoms with Crippen molar-refractivity contribution in [3.8, 4) is 28.4 Å². The molecule has 2 aromatic carbocycles. The number of rotatable bonds is 4. The third-order valence-electron chi connectivity index (χ3n) is 5.14. The first-order valence-corrected chi connectivity index (χ1v) is 10.4. The minimum atomic E-state index is -4.76. The molecule has 1 radical (unpaired) electrons. The molecule has 0 atom stereocenters. The summed E-state index contributed by atoms with van der Waals surface area (Å²) >= 11 is 0. The minimum Gasteiger partial charge on any atom is -0.405 e. The van der Waals surface area contributed by atoms with E-state index in [1.807, 2.05) is 16.8 Å². The van der Waals surface area contributed by atoms with Gasteiger partial charge in [0.2, 0.25) is 0 Å². The van der Waals surface area contributed by atoms with Crippen molar-refractivity contribution < 1.29 is 17.9 Å². The van der Waals surface area contributed by atoms with Crippen molar-refractivity contribution in [3.05, 3.63) is 54.2 Å². The summed E-state index contributed by atoms with van der Waals surface area (Å²) in [6.45, 7) is 10.4. The largest absolute Gasteiger partial charge is 0.573 e. The fourth-order valence-corrected chi connectivity index (χ4v) is 3.54. The maximum Gasteiger partial charge on any atom is 0.573 e. The van der Waals surface area contributed by atoms with E-state index in [-0.39, 0.29) is 46.8 Å². The third kappa shape index (κ3) is 5.45. The number of imidazole rings is 1. The molecule has 2 heterocycles. The van der Waals surface area contributed by atoms with Crippen LogP contribution in [0.4, 0.5) is 13.2 Å². The van der Waals surface area contributed by atoms with Gasteiger partial charge in [0.25, 0.3) is 0 Å². The van der Waals surface area contributed by atoms with E-state index in [9.17, 15) is 13.2 Å². The van der Waals surface area contributed by atoms with Gasteiger partial charge in [-0.15, -0.1) is 13.2 Å². The summed E-state index contributed by atoms with van der Waals surface area (Å²) in [5.74, 6) is 0.413. The second-order valence-electron chi connectivity index (χ2n) is 9.06. The summed E-state index contributed by atoms with van der Waals surface area (Å²) in [6, 6.07) is 13.6. The van der Waals surface area contributed by atoms with Crippen LogP contribution in [0.1, 0.15) is 46.4 Å². The van der Waals surface area contributed by atoms with E-state index in [2.05, 4.69) is 44.3 Å². The molecule has 0 aliphatic rings. The average Bonchev–Trinajstić information content (AvgIpc) is 3.30. The Morgan fingerprint density at radius 2 is 1.70 bits per heavy atom.